The zero-order valence-electron chi connectivity index (χ0n) is 9.45. The van der Waals surface area contributed by atoms with Gasteiger partial charge in [-0.25, -0.2) is 0 Å². The lowest BCUT2D eigenvalue weighted by atomic mass is 10.1. The first-order valence-corrected chi connectivity index (χ1v) is 5.63. The Balaban J connectivity index is 0.000000187. The SMILES string of the molecule is C1COCO1.CCCCc1ccccc1. The maximum atomic E-state index is 4.72. The van der Waals surface area contributed by atoms with Crippen LogP contribution in [0.5, 0.6) is 0 Å². The van der Waals surface area contributed by atoms with Crippen LogP contribution in [0.3, 0.4) is 0 Å². The Bertz CT molecular complexity index is 222. The third-order valence-electron chi connectivity index (χ3n) is 2.20. The van der Waals surface area contributed by atoms with Gasteiger partial charge in [-0.3, -0.25) is 0 Å². The first kappa shape index (κ1) is 12.2. The average molecular weight is 208 g/mol. The molecule has 0 bridgehead atoms. The molecule has 0 radical (unpaired) electrons. The molecular formula is C13H20O2. The monoisotopic (exact) mass is 208 g/mol. The van der Waals surface area contributed by atoms with Crippen molar-refractivity contribution >= 4 is 0 Å². The van der Waals surface area contributed by atoms with Crippen molar-refractivity contribution in [2.45, 2.75) is 26.2 Å². The lowest BCUT2D eigenvalue weighted by Crippen LogP contribution is -1.81. The molecule has 0 spiro atoms. The highest BCUT2D eigenvalue weighted by molar-refractivity contribution is 5.14. The van der Waals surface area contributed by atoms with E-state index in [0.717, 1.165) is 13.2 Å². The summed E-state index contributed by atoms with van der Waals surface area (Å²) >= 11 is 0. The number of aryl methyl sites for hydroxylation is 1. The first-order chi connectivity index (χ1) is 7.43. The Hall–Kier alpha value is -0.860. The highest BCUT2D eigenvalue weighted by Crippen LogP contribution is 2.03. The average Bonchev–Trinajstić information content (AvgIpc) is 2.86. The Morgan fingerprint density at radius 2 is 1.73 bits per heavy atom. The van der Waals surface area contributed by atoms with E-state index in [0.29, 0.717) is 6.79 Å². The van der Waals surface area contributed by atoms with Crippen molar-refractivity contribution in [3.63, 3.8) is 0 Å². The lowest BCUT2D eigenvalue weighted by molar-refractivity contribution is 0.0692. The summed E-state index contributed by atoms with van der Waals surface area (Å²) in [6.07, 6.45) is 3.83. The zero-order chi connectivity index (χ0) is 10.8. The van der Waals surface area contributed by atoms with E-state index in [2.05, 4.69) is 37.3 Å². The third-order valence-corrected chi connectivity index (χ3v) is 2.20. The van der Waals surface area contributed by atoms with Gasteiger partial charge in [-0.05, 0) is 18.4 Å². The Labute approximate surface area is 92.2 Å². The molecule has 1 aliphatic rings. The van der Waals surface area contributed by atoms with E-state index in [1.807, 2.05) is 0 Å². The van der Waals surface area contributed by atoms with E-state index < -0.39 is 0 Å². The second-order valence-corrected chi connectivity index (χ2v) is 3.52. The van der Waals surface area contributed by atoms with E-state index in [9.17, 15) is 0 Å². The summed E-state index contributed by atoms with van der Waals surface area (Å²) in [4.78, 5) is 0. The van der Waals surface area contributed by atoms with Gasteiger partial charge in [0.15, 0.2) is 0 Å². The Morgan fingerprint density at radius 1 is 1.07 bits per heavy atom. The largest absolute Gasteiger partial charge is 0.353 e. The second-order valence-electron chi connectivity index (χ2n) is 3.52. The predicted octanol–water partition coefficient (Wildman–Crippen LogP) is 3.02. The van der Waals surface area contributed by atoms with Crippen LogP contribution in [0.15, 0.2) is 30.3 Å². The van der Waals surface area contributed by atoms with Gasteiger partial charge in [0.25, 0.3) is 0 Å². The molecular weight excluding hydrogens is 188 g/mol. The van der Waals surface area contributed by atoms with Crippen molar-refractivity contribution in [2.24, 2.45) is 0 Å². The number of hydrogen-bond donors (Lipinski definition) is 0. The molecule has 1 aliphatic heterocycles. The maximum Gasteiger partial charge on any atom is 0.146 e. The van der Waals surface area contributed by atoms with Gasteiger partial charge in [0.05, 0.1) is 13.2 Å². The number of benzene rings is 1. The van der Waals surface area contributed by atoms with E-state index in [4.69, 9.17) is 9.47 Å². The molecule has 0 atom stereocenters. The van der Waals surface area contributed by atoms with Crippen LogP contribution in [0.1, 0.15) is 25.3 Å². The maximum absolute atomic E-state index is 4.72. The molecule has 0 amide bonds. The van der Waals surface area contributed by atoms with E-state index >= 15 is 0 Å². The van der Waals surface area contributed by atoms with Crippen LogP contribution in [0, 0.1) is 0 Å². The van der Waals surface area contributed by atoms with Crippen LogP contribution < -0.4 is 0 Å². The summed E-state index contributed by atoms with van der Waals surface area (Å²) in [5, 5.41) is 0. The topological polar surface area (TPSA) is 18.5 Å². The molecule has 2 nitrogen and oxygen atoms in total. The fourth-order valence-corrected chi connectivity index (χ4v) is 1.32. The van der Waals surface area contributed by atoms with Gasteiger partial charge in [-0.1, -0.05) is 43.7 Å². The van der Waals surface area contributed by atoms with E-state index in [1.165, 1.54) is 24.8 Å². The van der Waals surface area contributed by atoms with Crippen molar-refractivity contribution in [3.8, 4) is 0 Å². The molecule has 2 rings (SSSR count). The summed E-state index contributed by atoms with van der Waals surface area (Å²) in [6.45, 7) is 4.28. The molecule has 1 aromatic rings. The Morgan fingerprint density at radius 3 is 2.20 bits per heavy atom. The first-order valence-electron chi connectivity index (χ1n) is 5.63. The molecule has 0 unspecified atom stereocenters. The van der Waals surface area contributed by atoms with Crippen LogP contribution in [0.4, 0.5) is 0 Å². The highest BCUT2D eigenvalue weighted by Gasteiger charge is 1.93. The van der Waals surface area contributed by atoms with Crippen molar-refractivity contribution < 1.29 is 9.47 Å². The lowest BCUT2D eigenvalue weighted by Gasteiger charge is -1.96. The molecule has 2 heteroatoms. The van der Waals surface area contributed by atoms with Crippen LogP contribution in [-0.4, -0.2) is 20.0 Å². The van der Waals surface area contributed by atoms with Crippen molar-refractivity contribution in [2.75, 3.05) is 20.0 Å². The van der Waals surface area contributed by atoms with Crippen LogP contribution >= 0.6 is 0 Å². The number of unbranched alkanes of at least 4 members (excludes halogenated alkanes) is 1. The van der Waals surface area contributed by atoms with Crippen molar-refractivity contribution in [3.05, 3.63) is 35.9 Å². The smallest absolute Gasteiger partial charge is 0.146 e. The van der Waals surface area contributed by atoms with Gasteiger partial charge < -0.3 is 9.47 Å². The molecule has 1 saturated heterocycles. The van der Waals surface area contributed by atoms with E-state index in [1.54, 1.807) is 0 Å². The standard InChI is InChI=1S/C10H14.C3H6O2/c1-2-3-7-10-8-5-4-6-9-10;1-2-5-3-4-1/h4-6,8-9H,2-3,7H2,1H3;1-3H2. The molecule has 1 aromatic carbocycles. The molecule has 0 aliphatic carbocycles. The molecule has 15 heavy (non-hydrogen) atoms. The molecule has 1 fully saturated rings. The highest BCUT2D eigenvalue weighted by atomic mass is 16.7. The minimum absolute atomic E-state index is 0.500. The second kappa shape index (κ2) is 8.45. The molecule has 84 valence electrons. The minimum Gasteiger partial charge on any atom is -0.353 e. The fraction of sp³-hybridized carbons (Fsp3) is 0.538. The molecule has 1 heterocycles. The number of hydrogen-bond acceptors (Lipinski definition) is 2. The number of ether oxygens (including phenoxy) is 2. The molecule has 0 aromatic heterocycles. The summed E-state index contributed by atoms with van der Waals surface area (Å²) in [6, 6.07) is 10.6. The van der Waals surface area contributed by atoms with Gasteiger partial charge in [0.1, 0.15) is 6.79 Å². The van der Waals surface area contributed by atoms with E-state index in [-0.39, 0.29) is 0 Å². The minimum atomic E-state index is 0.500. The van der Waals surface area contributed by atoms with Gasteiger partial charge >= 0.3 is 0 Å². The summed E-state index contributed by atoms with van der Waals surface area (Å²) < 4.78 is 9.44. The van der Waals surface area contributed by atoms with Gasteiger partial charge in [-0.15, -0.1) is 0 Å². The quantitative estimate of drug-likeness (QED) is 0.760. The summed E-state index contributed by atoms with van der Waals surface area (Å²) in [5.41, 5.74) is 1.46. The summed E-state index contributed by atoms with van der Waals surface area (Å²) in [5.74, 6) is 0. The van der Waals surface area contributed by atoms with Crippen LogP contribution in [0.25, 0.3) is 0 Å². The molecule has 0 saturated carbocycles. The zero-order valence-corrected chi connectivity index (χ0v) is 9.45. The van der Waals surface area contributed by atoms with Gasteiger partial charge in [-0.2, -0.15) is 0 Å². The van der Waals surface area contributed by atoms with Crippen molar-refractivity contribution in [1.82, 2.24) is 0 Å². The van der Waals surface area contributed by atoms with Gasteiger partial charge in [0, 0.05) is 0 Å². The normalized spacial score (nSPS) is 14.5. The van der Waals surface area contributed by atoms with Crippen molar-refractivity contribution in [1.29, 1.82) is 0 Å². The van der Waals surface area contributed by atoms with Gasteiger partial charge in [0.2, 0.25) is 0 Å². The van der Waals surface area contributed by atoms with Crippen LogP contribution in [-0.2, 0) is 15.9 Å². The Kier molecular flexibility index (Phi) is 6.88. The third kappa shape index (κ3) is 6.26. The summed E-state index contributed by atoms with van der Waals surface area (Å²) in [7, 11) is 0. The number of rotatable bonds is 3. The molecule has 0 N–H and O–H groups in total. The fourth-order valence-electron chi connectivity index (χ4n) is 1.32. The van der Waals surface area contributed by atoms with Crippen LogP contribution in [0.2, 0.25) is 0 Å². The predicted molar refractivity (Wildman–Crippen MR) is 61.8 cm³/mol.